The van der Waals surface area contributed by atoms with Crippen LogP contribution in [0.3, 0.4) is 0 Å². The number of rotatable bonds is 3. The molecule has 20 heavy (non-hydrogen) atoms. The summed E-state index contributed by atoms with van der Waals surface area (Å²) >= 11 is 5.36. The second-order valence-corrected chi connectivity index (χ2v) is 5.01. The van der Waals surface area contributed by atoms with Gasteiger partial charge < -0.3 is 9.55 Å². The van der Waals surface area contributed by atoms with Crippen LogP contribution in [0.2, 0.25) is 0 Å². The van der Waals surface area contributed by atoms with Crippen LogP contribution in [0.1, 0.15) is 11.3 Å². The third-order valence-electron chi connectivity index (χ3n) is 3.42. The molecule has 2 heterocycles. The Balaban J connectivity index is 1.98. The topological polar surface area (TPSA) is 62.3 Å². The van der Waals surface area contributed by atoms with Crippen LogP contribution < -0.4 is 0 Å². The minimum Gasteiger partial charge on any atom is -0.331 e. The zero-order chi connectivity index (χ0) is 14.1. The average molecular weight is 283 g/mol. The Morgan fingerprint density at radius 2 is 2.25 bits per heavy atom. The predicted octanol–water partition coefficient (Wildman–Crippen LogP) is 2.55. The molecule has 0 aliphatic rings. The zero-order valence-corrected chi connectivity index (χ0v) is 11.8. The lowest BCUT2D eigenvalue weighted by Gasteiger charge is -2.05. The van der Waals surface area contributed by atoms with Crippen LogP contribution in [0.25, 0.3) is 11.0 Å². The number of aromatic nitrogens is 4. The number of H-pyrrole nitrogens is 1. The number of hydrogen-bond acceptors (Lipinski definition) is 3. The van der Waals surface area contributed by atoms with Gasteiger partial charge in [0.15, 0.2) is 4.77 Å². The van der Waals surface area contributed by atoms with Crippen molar-refractivity contribution in [1.82, 2.24) is 19.3 Å². The second-order valence-electron chi connectivity index (χ2n) is 4.62. The van der Waals surface area contributed by atoms with Gasteiger partial charge in [0.25, 0.3) is 0 Å². The van der Waals surface area contributed by atoms with Gasteiger partial charge in [0.1, 0.15) is 0 Å². The monoisotopic (exact) mass is 283 g/mol. The molecule has 0 fully saturated rings. The van der Waals surface area contributed by atoms with Crippen molar-refractivity contribution in [1.29, 1.82) is 5.26 Å². The molecule has 100 valence electrons. The van der Waals surface area contributed by atoms with Crippen molar-refractivity contribution in [2.75, 3.05) is 0 Å². The van der Waals surface area contributed by atoms with Crippen LogP contribution in [0.15, 0.2) is 30.5 Å². The van der Waals surface area contributed by atoms with Crippen LogP contribution in [-0.4, -0.2) is 19.3 Å². The van der Waals surface area contributed by atoms with Crippen molar-refractivity contribution in [2.45, 2.75) is 13.0 Å². The Bertz CT molecular complexity index is 862. The number of imidazole rings is 1. The highest BCUT2D eigenvalue weighted by atomic mass is 32.1. The second kappa shape index (κ2) is 4.94. The van der Waals surface area contributed by atoms with Crippen molar-refractivity contribution < 1.29 is 0 Å². The van der Waals surface area contributed by atoms with E-state index in [-0.39, 0.29) is 0 Å². The number of nitrogens with one attached hydrogen (secondary N) is 1. The average Bonchev–Trinajstić information content (AvgIpc) is 2.99. The quantitative estimate of drug-likeness (QED) is 0.751. The molecule has 1 aromatic carbocycles. The van der Waals surface area contributed by atoms with E-state index in [2.05, 4.69) is 16.2 Å². The molecule has 0 atom stereocenters. The van der Waals surface area contributed by atoms with Gasteiger partial charge in [-0.3, -0.25) is 4.68 Å². The summed E-state index contributed by atoms with van der Waals surface area (Å²) in [4.78, 5) is 3.17. The summed E-state index contributed by atoms with van der Waals surface area (Å²) in [6, 6.07) is 9.71. The number of fused-ring (bicyclic) bond motifs is 1. The molecule has 0 radical (unpaired) electrons. The van der Waals surface area contributed by atoms with Crippen LogP contribution in [0, 0.1) is 16.1 Å². The van der Waals surface area contributed by atoms with E-state index in [1.807, 2.05) is 34.5 Å². The molecule has 3 rings (SSSR count). The SMILES string of the molecule is Cn1nccc1CCn1c(=S)[nH]c2ccc(C#N)cc21. The number of hydrogen-bond donors (Lipinski definition) is 1. The molecule has 0 spiro atoms. The number of aromatic amines is 1. The molecule has 0 unspecified atom stereocenters. The summed E-state index contributed by atoms with van der Waals surface area (Å²) in [6.45, 7) is 0.757. The number of nitrogens with zero attached hydrogens (tertiary/aromatic N) is 4. The first-order valence-corrected chi connectivity index (χ1v) is 6.69. The third kappa shape index (κ3) is 2.12. The van der Waals surface area contributed by atoms with Gasteiger partial charge in [0.2, 0.25) is 0 Å². The van der Waals surface area contributed by atoms with Crippen LogP contribution in [-0.2, 0) is 20.0 Å². The summed E-state index contributed by atoms with van der Waals surface area (Å²) in [5.41, 5.74) is 3.72. The Hall–Kier alpha value is -2.39. The lowest BCUT2D eigenvalue weighted by Crippen LogP contribution is -2.05. The Kier molecular flexibility index (Phi) is 3.12. The maximum Gasteiger partial charge on any atom is 0.178 e. The van der Waals surface area contributed by atoms with Crippen LogP contribution >= 0.6 is 12.2 Å². The van der Waals surface area contributed by atoms with Crippen molar-refractivity contribution in [3.05, 3.63) is 46.5 Å². The molecule has 0 amide bonds. The maximum atomic E-state index is 9.00. The van der Waals surface area contributed by atoms with Crippen molar-refractivity contribution >= 4 is 23.3 Å². The van der Waals surface area contributed by atoms with Gasteiger partial charge in [0, 0.05) is 31.9 Å². The van der Waals surface area contributed by atoms with Gasteiger partial charge in [-0.05, 0) is 36.5 Å². The summed E-state index contributed by atoms with van der Waals surface area (Å²) in [5.74, 6) is 0. The first-order chi connectivity index (χ1) is 9.69. The van der Waals surface area contributed by atoms with E-state index < -0.39 is 0 Å². The fourth-order valence-electron chi connectivity index (χ4n) is 2.32. The van der Waals surface area contributed by atoms with Gasteiger partial charge in [-0.25, -0.2) is 0 Å². The highest BCUT2D eigenvalue weighted by Crippen LogP contribution is 2.16. The number of benzene rings is 1. The predicted molar refractivity (Wildman–Crippen MR) is 78.7 cm³/mol. The first-order valence-electron chi connectivity index (χ1n) is 6.28. The van der Waals surface area contributed by atoms with E-state index in [9.17, 15) is 0 Å². The minimum absolute atomic E-state index is 0.640. The van der Waals surface area contributed by atoms with E-state index in [0.717, 1.165) is 29.7 Å². The summed E-state index contributed by atoms with van der Waals surface area (Å²) < 4.78 is 4.56. The van der Waals surface area contributed by atoms with Gasteiger partial charge in [0.05, 0.1) is 22.7 Å². The van der Waals surface area contributed by atoms with Crippen molar-refractivity contribution in [3.8, 4) is 6.07 Å². The highest BCUT2D eigenvalue weighted by molar-refractivity contribution is 7.71. The lowest BCUT2D eigenvalue weighted by atomic mass is 10.2. The van der Waals surface area contributed by atoms with E-state index in [0.29, 0.717) is 10.3 Å². The Morgan fingerprint density at radius 1 is 1.40 bits per heavy atom. The molecule has 0 saturated carbocycles. The van der Waals surface area contributed by atoms with Gasteiger partial charge in [-0.2, -0.15) is 10.4 Å². The first kappa shape index (κ1) is 12.6. The number of nitriles is 1. The summed E-state index contributed by atoms with van der Waals surface area (Å²) in [7, 11) is 1.93. The van der Waals surface area contributed by atoms with Gasteiger partial charge >= 0.3 is 0 Å². The lowest BCUT2D eigenvalue weighted by molar-refractivity contribution is 0.642. The van der Waals surface area contributed by atoms with Crippen molar-refractivity contribution in [2.24, 2.45) is 7.05 Å². The van der Waals surface area contributed by atoms with E-state index in [1.165, 1.54) is 0 Å². The highest BCUT2D eigenvalue weighted by Gasteiger charge is 2.07. The molecular formula is C14H13N5S. The number of aryl methyl sites for hydroxylation is 3. The fraction of sp³-hybridized carbons (Fsp3) is 0.214. The molecule has 0 saturated heterocycles. The third-order valence-corrected chi connectivity index (χ3v) is 3.74. The van der Waals surface area contributed by atoms with E-state index >= 15 is 0 Å². The molecule has 1 N–H and O–H groups in total. The fourth-order valence-corrected chi connectivity index (χ4v) is 2.62. The molecular weight excluding hydrogens is 270 g/mol. The summed E-state index contributed by atoms with van der Waals surface area (Å²) in [6.07, 6.45) is 2.63. The molecule has 2 aromatic heterocycles. The van der Waals surface area contributed by atoms with Crippen LogP contribution in [0.5, 0.6) is 0 Å². The van der Waals surface area contributed by atoms with E-state index in [4.69, 9.17) is 17.5 Å². The molecule has 6 heteroatoms. The molecule has 5 nitrogen and oxygen atoms in total. The molecule has 0 aliphatic carbocycles. The zero-order valence-electron chi connectivity index (χ0n) is 11.0. The van der Waals surface area contributed by atoms with Crippen molar-refractivity contribution in [3.63, 3.8) is 0 Å². The van der Waals surface area contributed by atoms with Gasteiger partial charge in [-0.15, -0.1) is 0 Å². The maximum absolute atomic E-state index is 9.00. The van der Waals surface area contributed by atoms with Gasteiger partial charge in [-0.1, -0.05) is 0 Å². The normalized spacial score (nSPS) is 10.8. The Morgan fingerprint density at radius 3 is 2.95 bits per heavy atom. The summed E-state index contributed by atoms with van der Waals surface area (Å²) in [5, 5.41) is 13.2. The van der Waals surface area contributed by atoms with E-state index in [1.54, 1.807) is 12.3 Å². The standard InChI is InChI=1S/C14H13N5S/c1-18-11(4-6-16-18)5-7-19-13-8-10(9-15)2-3-12(13)17-14(19)20/h2-4,6,8H,5,7H2,1H3,(H,17,20). The smallest absolute Gasteiger partial charge is 0.178 e. The minimum atomic E-state index is 0.640. The molecule has 0 bridgehead atoms. The largest absolute Gasteiger partial charge is 0.331 e. The van der Waals surface area contributed by atoms with Crippen LogP contribution in [0.4, 0.5) is 0 Å². The Labute approximate surface area is 121 Å². The molecule has 3 aromatic rings. The molecule has 0 aliphatic heterocycles.